The van der Waals surface area contributed by atoms with Crippen molar-refractivity contribution in [1.29, 1.82) is 0 Å². The average molecular weight is 499 g/mol. The highest BCUT2D eigenvalue weighted by Gasteiger charge is 2.37. The van der Waals surface area contributed by atoms with E-state index in [1.54, 1.807) is 36.7 Å². The second-order valence-corrected chi connectivity index (χ2v) is 10.8. The maximum Gasteiger partial charge on any atom is 0.236 e. The van der Waals surface area contributed by atoms with E-state index in [0.717, 1.165) is 33.4 Å². The normalized spacial score (nSPS) is 17.4. The molecule has 8 nitrogen and oxygen atoms in total. The van der Waals surface area contributed by atoms with Crippen LogP contribution in [-0.4, -0.2) is 75.8 Å². The molecule has 35 heavy (non-hydrogen) atoms. The maximum atomic E-state index is 16.0. The van der Waals surface area contributed by atoms with Crippen LogP contribution in [0.25, 0.3) is 22.1 Å². The average Bonchev–Trinajstić information content (AvgIpc) is 3.45. The van der Waals surface area contributed by atoms with Gasteiger partial charge in [0.25, 0.3) is 0 Å². The van der Waals surface area contributed by atoms with Crippen LogP contribution in [0.4, 0.5) is 4.39 Å². The second-order valence-electron chi connectivity index (χ2n) is 9.75. The smallest absolute Gasteiger partial charge is 0.236 e. The fraction of sp³-hybridized carbons (Fsp3) is 0.520. The topological polar surface area (TPSA) is 76.4 Å². The lowest BCUT2D eigenvalue weighted by atomic mass is 9.85. The Balaban J connectivity index is 1.39. The van der Waals surface area contributed by atoms with Crippen molar-refractivity contribution in [3.8, 4) is 27.8 Å². The first-order valence-corrected chi connectivity index (χ1v) is 12.9. The van der Waals surface area contributed by atoms with Crippen LogP contribution in [-0.2, 0) is 16.9 Å². The zero-order valence-corrected chi connectivity index (χ0v) is 21.4. The first-order chi connectivity index (χ1) is 16.7. The molecular formula is C25H31FN6O2S. The van der Waals surface area contributed by atoms with Crippen molar-refractivity contribution in [3.05, 3.63) is 35.0 Å². The van der Waals surface area contributed by atoms with Gasteiger partial charge in [-0.05, 0) is 44.4 Å². The van der Waals surface area contributed by atoms with Gasteiger partial charge in [-0.25, -0.2) is 19.0 Å². The molecule has 10 heteroatoms. The third-order valence-corrected chi connectivity index (χ3v) is 7.91. The summed E-state index contributed by atoms with van der Waals surface area (Å²) in [6.07, 6.45) is 3.00. The van der Waals surface area contributed by atoms with Crippen LogP contribution in [0.15, 0.2) is 24.5 Å². The standard InChI is InChI=1S/C25H31FN6O2S/c1-16(2)32-23(27-15-28-32)24-29-22-18-6-5-17(13-19(18)34-12-7-20(22)35-24)25(26)8-10-31(11-9-25)14-21(33)30(3)4/h5-6,13,15-16H,7-12,14H2,1-4H3. The summed E-state index contributed by atoms with van der Waals surface area (Å²) in [5, 5.41) is 5.18. The number of likely N-dealkylation sites (N-methyl/N-ethyl adjacent to an activating group) is 1. The highest BCUT2D eigenvalue weighted by atomic mass is 32.1. The lowest BCUT2D eigenvalue weighted by Gasteiger charge is -2.37. The lowest BCUT2D eigenvalue weighted by molar-refractivity contribution is -0.130. The Hall–Kier alpha value is -2.85. The van der Waals surface area contributed by atoms with Gasteiger partial charge in [0.1, 0.15) is 17.7 Å². The first kappa shape index (κ1) is 23.9. The molecule has 0 N–H and O–H groups in total. The summed E-state index contributed by atoms with van der Waals surface area (Å²) in [6, 6.07) is 5.84. The van der Waals surface area contributed by atoms with E-state index in [2.05, 4.69) is 23.9 Å². The Morgan fingerprint density at radius 1 is 1.29 bits per heavy atom. The van der Waals surface area contributed by atoms with Gasteiger partial charge in [0.15, 0.2) is 10.8 Å². The molecule has 0 aliphatic carbocycles. The molecule has 5 rings (SSSR count). The largest absolute Gasteiger partial charge is 0.492 e. The fourth-order valence-corrected chi connectivity index (χ4v) is 5.71. The Labute approximate surface area is 208 Å². The van der Waals surface area contributed by atoms with Crippen LogP contribution in [0, 0.1) is 0 Å². The number of aromatic nitrogens is 4. The van der Waals surface area contributed by atoms with Crippen molar-refractivity contribution in [1.82, 2.24) is 29.5 Å². The minimum absolute atomic E-state index is 0.0415. The number of thiazole rings is 1. The van der Waals surface area contributed by atoms with Crippen molar-refractivity contribution < 1.29 is 13.9 Å². The summed E-state index contributed by atoms with van der Waals surface area (Å²) in [5.41, 5.74) is 0.962. The Morgan fingerprint density at radius 2 is 2.06 bits per heavy atom. The molecule has 1 fully saturated rings. The van der Waals surface area contributed by atoms with Crippen molar-refractivity contribution in [2.75, 3.05) is 40.3 Å². The number of rotatable bonds is 5. The SMILES string of the molecule is CC(C)n1ncnc1-c1nc2c(s1)CCOc1cc(C3(F)CCN(CC(=O)N(C)C)CC3)ccc1-2. The molecule has 0 saturated carbocycles. The van der Waals surface area contributed by atoms with Crippen molar-refractivity contribution in [3.63, 3.8) is 0 Å². The number of carbonyl (C=O) groups is 1. The monoisotopic (exact) mass is 498 g/mol. The van der Waals surface area contributed by atoms with E-state index < -0.39 is 5.67 Å². The summed E-state index contributed by atoms with van der Waals surface area (Å²) in [7, 11) is 3.49. The number of benzene rings is 1. The minimum Gasteiger partial charge on any atom is -0.492 e. The summed E-state index contributed by atoms with van der Waals surface area (Å²) in [5.74, 6) is 1.48. The molecule has 1 saturated heterocycles. The summed E-state index contributed by atoms with van der Waals surface area (Å²) in [4.78, 5) is 26.1. The molecular weight excluding hydrogens is 467 g/mol. The van der Waals surface area contributed by atoms with Gasteiger partial charge in [0, 0.05) is 50.1 Å². The zero-order chi connectivity index (χ0) is 24.7. The van der Waals surface area contributed by atoms with Crippen LogP contribution >= 0.6 is 11.3 Å². The van der Waals surface area contributed by atoms with Gasteiger partial charge in [0.05, 0.1) is 18.8 Å². The van der Waals surface area contributed by atoms with Crippen LogP contribution in [0.5, 0.6) is 5.75 Å². The highest BCUT2D eigenvalue weighted by Crippen LogP contribution is 2.44. The van der Waals surface area contributed by atoms with E-state index in [-0.39, 0.29) is 11.9 Å². The molecule has 4 heterocycles. The van der Waals surface area contributed by atoms with E-state index in [4.69, 9.17) is 9.72 Å². The van der Waals surface area contributed by atoms with Gasteiger partial charge in [-0.15, -0.1) is 11.3 Å². The molecule has 0 bridgehead atoms. The second kappa shape index (κ2) is 9.31. The molecule has 0 atom stereocenters. The van der Waals surface area contributed by atoms with Crippen molar-refractivity contribution >= 4 is 17.2 Å². The maximum absolute atomic E-state index is 16.0. The summed E-state index contributed by atoms with van der Waals surface area (Å²) < 4.78 is 24.0. The van der Waals surface area contributed by atoms with E-state index >= 15 is 4.39 Å². The number of amides is 1. The highest BCUT2D eigenvalue weighted by molar-refractivity contribution is 7.15. The number of piperidine rings is 1. The Kier molecular flexibility index (Phi) is 6.35. The van der Waals surface area contributed by atoms with Gasteiger partial charge in [-0.2, -0.15) is 5.10 Å². The molecule has 2 aliphatic rings. The molecule has 0 unspecified atom stereocenters. The third kappa shape index (κ3) is 4.56. The van der Waals surface area contributed by atoms with E-state index in [1.165, 1.54) is 0 Å². The number of hydrogen-bond donors (Lipinski definition) is 0. The molecule has 2 aromatic heterocycles. The summed E-state index contributed by atoms with van der Waals surface area (Å²) in [6.45, 7) is 6.07. The number of fused-ring (bicyclic) bond motifs is 3. The Bertz CT molecular complexity index is 1230. The number of hydrogen-bond acceptors (Lipinski definition) is 7. The van der Waals surface area contributed by atoms with E-state index in [1.807, 2.05) is 27.8 Å². The fourth-order valence-electron chi connectivity index (χ4n) is 4.67. The van der Waals surface area contributed by atoms with Gasteiger partial charge in [-0.1, -0.05) is 6.07 Å². The number of likely N-dealkylation sites (tertiary alicyclic amines) is 1. The minimum atomic E-state index is -1.44. The van der Waals surface area contributed by atoms with Gasteiger partial charge in [-0.3, -0.25) is 9.69 Å². The lowest BCUT2D eigenvalue weighted by Crippen LogP contribution is -2.44. The zero-order valence-electron chi connectivity index (χ0n) is 20.6. The Morgan fingerprint density at radius 3 is 2.77 bits per heavy atom. The number of carbonyl (C=O) groups excluding carboxylic acids is 1. The predicted molar refractivity (Wildman–Crippen MR) is 133 cm³/mol. The molecule has 3 aromatic rings. The molecule has 1 aromatic carbocycles. The predicted octanol–water partition coefficient (Wildman–Crippen LogP) is 3.93. The number of nitrogens with zero attached hydrogens (tertiary/aromatic N) is 6. The van der Waals surface area contributed by atoms with Crippen LogP contribution in [0.3, 0.4) is 0 Å². The van der Waals surface area contributed by atoms with Gasteiger partial charge >= 0.3 is 0 Å². The molecule has 0 spiro atoms. The summed E-state index contributed by atoms with van der Waals surface area (Å²) >= 11 is 1.62. The van der Waals surface area contributed by atoms with Gasteiger partial charge in [0.2, 0.25) is 5.91 Å². The van der Waals surface area contributed by atoms with Crippen molar-refractivity contribution in [2.45, 2.75) is 44.8 Å². The van der Waals surface area contributed by atoms with Crippen LogP contribution in [0.1, 0.15) is 43.2 Å². The quantitative estimate of drug-likeness (QED) is 0.531. The first-order valence-electron chi connectivity index (χ1n) is 12.0. The number of ether oxygens (including phenoxy) is 1. The van der Waals surface area contributed by atoms with Crippen LogP contribution in [0.2, 0.25) is 0 Å². The number of halogens is 1. The molecule has 186 valence electrons. The third-order valence-electron chi connectivity index (χ3n) is 6.80. The van der Waals surface area contributed by atoms with Crippen molar-refractivity contribution in [2.24, 2.45) is 0 Å². The molecule has 2 aliphatic heterocycles. The van der Waals surface area contributed by atoms with Crippen LogP contribution < -0.4 is 4.74 Å². The molecule has 1 amide bonds. The van der Waals surface area contributed by atoms with E-state index in [0.29, 0.717) is 50.4 Å². The van der Waals surface area contributed by atoms with Gasteiger partial charge < -0.3 is 9.64 Å². The molecule has 0 radical (unpaired) electrons. The van der Waals surface area contributed by atoms with E-state index in [9.17, 15) is 4.79 Å². The number of alkyl halides is 1.